The van der Waals surface area contributed by atoms with Gasteiger partial charge in [-0.05, 0) is 63.1 Å². The molecule has 24 heavy (non-hydrogen) atoms. The van der Waals surface area contributed by atoms with Gasteiger partial charge in [-0.2, -0.15) is 0 Å². The molecule has 1 aromatic rings. The van der Waals surface area contributed by atoms with Crippen LogP contribution in [0.15, 0.2) is 35.9 Å². The fourth-order valence-electron chi connectivity index (χ4n) is 3.52. The molecule has 1 aliphatic carbocycles. The van der Waals surface area contributed by atoms with Gasteiger partial charge in [-0.3, -0.25) is 4.79 Å². The summed E-state index contributed by atoms with van der Waals surface area (Å²) in [6.45, 7) is 8.12. The van der Waals surface area contributed by atoms with Crippen molar-refractivity contribution in [2.45, 2.75) is 51.9 Å². The summed E-state index contributed by atoms with van der Waals surface area (Å²) < 4.78 is 0. The van der Waals surface area contributed by atoms with Crippen molar-refractivity contribution >= 4 is 5.97 Å². The minimum Gasteiger partial charge on any atom is -0.507 e. The SMILES string of the molecule is C=C(C)[C@@H]1CCC(C)=CC1c1c(O)cc(CCCC(=O)O)cc1O. The number of aromatic hydroxyl groups is 2. The summed E-state index contributed by atoms with van der Waals surface area (Å²) in [5.74, 6) is -0.579. The molecule has 0 saturated carbocycles. The molecule has 4 nitrogen and oxygen atoms in total. The highest BCUT2D eigenvalue weighted by atomic mass is 16.4. The van der Waals surface area contributed by atoms with E-state index in [0.29, 0.717) is 18.4 Å². The first-order valence-electron chi connectivity index (χ1n) is 8.38. The quantitative estimate of drug-likeness (QED) is 0.670. The minimum atomic E-state index is -0.841. The monoisotopic (exact) mass is 330 g/mol. The molecular weight excluding hydrogens is 304 g/mol. The molecule has 1 unspecified atom stereocenters. The van der Waals surface area contributed by atoms with Gasteiger partial charge in [0.05, 0.1) is 0 Å². The van der Waals surface area contributed by atoms with Crippen LogP contribution in [0, 0.1) is 5.92 Å². The molecule has 0 radical (unpaired) electrons. The van der Waals surface area contributed by atoms with Crippen molar-refractivity contribution < 1.29 is 20.1 Å². The molecule has 0 bridgehead atoms. The molecule has 3 N–H and O–H groups in total. The Balaban J connectivity index is 2.31. The zero-order valence-corrected chi connectivity index (χ0v) is 14.4. The van der Waals surface area contributed by atoms with Crippen LogP contribution in [0.1, 0.15) is 56.6 Å². The van der Waals surface area contributed by atoms with Gasteiger partial charge in [0.2, 0.25) is 0 Å². The van der Waals surface area contributed by atoms with Crippen LogP contribution in [-0.4, -0.2) is 21.3 Å². The van der Waals surface area contributed by atoms with E-state index < -0.39 is 5.97 Å². The Kier molecular flexibility index (Phi) is 5.71. The zero-order chi connectivity index (χ0) is 17.9. The molecule has 4 heteroatoms. The van der Waals surface area contributed by atoms with Crippen molar-refractivity contribution in [1.82, 2.24) is 0 Å². The maximum absolute atomic E-state index is 10.6. The maximum atomic E-state index is 10.6. The molecule has 0 aliphatic heterocycles. The average molecular weight is 330 g/mol. The second-order valence-corrected chi connectivity index (χ2v) is 6.83. The number of carboxylic acid groups (broad SMARTS) is 1. The highest BCUT2D eigenvalue weighted by molar-refractivity contribution is 5.66. The summed E-state index contributed by atoms with van der Waals surface area (Å²) in [6.07, 6.45) is 5.14. The van der Waals surface area contributed by atoms with E-state index in [1.54, 1.807) is 12.1 Å². The van der Waals surface area contributed by atoms with Gasteiger partial charge in [-0.1, -0.05) is 23.8 Å². The van der Waals surface area contributed by atoms with Gasteiger partial charge in [-0.15, -0.1) is 0 Å². The molecule has 0 aromatic heterocycles. The fraction of sp³-hybridized carbons (Fsp3) is 0.450. The zero-order valence-electron chi connectivity index (χ0n) is 14.4. The number of rotatable bonds is 6. The number of carboxylic acids is 1. The second kappa shape index (κ2) is 7.56. The van der Waals surface area contributed by atoms with Gasteiger partial charge in [-0.25, -0.2) is 0 Å². The van der Waals surface area contributed by atoms with Crippen molar-refractivity contribution in [1.29, 1.82) is 0 Å². The van der Waals surface area contributed by atoms with Gasteiger partial charge in [0, 0.05) is 17.9 Å². The minimum absolute atomic E-state index is 0.0718. The van der Waals surface area contributed by atoms with E-state index in [0.717, 1.165) is 24.0 Å². The first kappa shape index (κ1) is 18.1. The molecule has 2 atom stereocenters. The molecule has 2 rings (SSSR count). The molecule has 0 amide bonds. The maximum Gasteiger partial charge on any atom is 0.303 e. The molecule has 130 valence electrons. The van der Waals surface area contributed by atoms with E-state index in [9.17, 15) is 15.0 Å². The third-order valence-electron chi connectivity index (χ3n) is 4.77. The van der Waals surface area contributed by atoms with E-state index in [1.807, 2.05) is 6.92 Å². The first-order valence-corrected chi connectivity index (χ1v) is 8.38. The van der Waals surface area contributed by atoms with Crippen LogP contribution in [0.4, 0.5) is 0 Å². The molecule has 0 spiro atoms. The number of hydrogen-bond donors (Lipinski definition) is 3. The Labute approximate surface area is 143 Å². The Morgan fingerprint density at radius 1 is 1.29 bits per heavy atom. The Bertz CT molecular complexity index is 649. The predicted octanol–water partition coefficient (Wildman–Crippen LogP) is 4.52. The molecule has 1 aromatic carbocycles. The first-order chi connectivity index (χ1) is 11.3. The Morgan fingerprint density at radius 3 is 2.46 bits per heavy atom. The summed E-state index contributed by atoms with van der Waals surface area (Å²) in [5, 5.41) is 29.7. The van der Waals surface area contributed by atoms with Crippen molar-refractivity contribution in [3.63, 3.8) is 0 Å². The van der Waals surface area contributed by atoms with E-state index in [2.05, 4.69) is 19.6 Å². The fourth-order valence-corrected chi connectivity index (χ4v) is 3.52. The van der Waals surface area contributed by atoms with Crippen LogP contribution in [0.2, 0.25) is 0 Å². The van der Waals surface area contributed by atoms with Crippen molar-refractivity contribution in [2.75, 3.05) is 0 Å². The lowest BCUT2D eigenvalue weighted by atomic mass is 9.73. The van der Waals surface area contributed by atoms with Crippen LogP contribution in [-0.2, 0) is 11.2 Å². The van der Waals surface area contributed by atoms with Crippen LogP contribution in [0.5, 0.6) is 11.5 Å². The average Bonchev–Trinajstić information content (AvgIpc) is 2.45. The molecule has 0 heterocycles. The summed E-state index contributed by atoms with van der Waals surface area (Å²) in [6, 6.07) is 3.29. The number of hydrogen-bond acceptors (Lipinski definition) is 3. The second-order valence-electron chi connectivity index (χ2n) is 6.83. The van der Waals surface area contributed by atoms with Gasteiger partial charge in [0.15, 0.2) is 0 Å². The number of phenolic OH excluding ortho intramolecular Hbond substituents is 2. The lowest BCUT2D eigenvalue weighted by molar-refractivity contribution is -0.137. The third-order valence-corrected chi connectivity index (χ3v) is 4.77. The normalized spacial score (nSPS) is 20.5. The van der Waals surface area contributed by atoms with E-state index in [1.165, 1.54) is 5.57 Å². The third kappa shape index (κ3) is 4.19. The summed E-state index contributed by atoms with van der Waals surface area (Å²) >= 11 is 0. The van der Waals surface area contributed by atoms with Crippen LogP contribution < -0.4 is 0 Å². The van der Waals surface area contributed by atoms with E-state index >= 15 is 0 Å². The van der Waals surface area contributed by atoms with Crippen molar-refractivity contribution in [2.24, 2.45) is 5.92 Å². The van der Waals surface area contributed by atoms with Gasteiger partial charge < -0.3 is 15.3 Å². The van der Waals surface area contributed by atoms with Gasteiger partial charge in [0.1, 0.15) is 11.5 Å². The summed E-state index contributed by atoms with van der Waals surface area (Å²) in [4.78, 5) is 10.6. The van der Waals surface area contributed by atoms with E-state index in [-0.39, 0.29) is 29.8 Å². The smallest absolute Gasteiger partial charge is 0.303 e. The van der Waals surface area contributed by atoms with Crippen molar-refractivity contribution in [3.8, 4) is 11.5 Å². The highest BCUT2D eigenvalue weighted by Gasteiger charge is 2.30. The standard InChI is InChI=1S/C20H26O4/c1-12(2)15-8-7-13(3)9-16(15)20-17(21)10-14(11-18(20)22)5-4-6-19(23)24/h9-11,15-16,21-22H,1,4-8H2,2-3H3,(H,23,24)/t15-,16?/m0/s1. The highest BCUT2D eigenvalue weighted by Crippen LogP contribution is 2.46. The van der Waals surface area contributed by atoms with E-state index in [4.69, 9.17) is 5.11 Å². The molecule has 1 aliphatic rings. The van der Waals surface area contributed by atoms with Crippen molar-refractivity contribution in [3.05, 3.63) is 47.1 Å². The number of allylic oxidation sites excluding steroid dienone is 3. The van der Waals surface area contributed by atoms with Gasteiger partial charge >= 0.3 is 5.97 Å². The number of benzene rings is 1. The van der Waals surface area contributed by atoms with Crippen LogP contribution in [0.3, 0.4) is 0 Å². The summed E-state index contributed by atoms with van der Waals surface area (Å²) in [5.41, 5.74) is 3.59. The van der Waals surface area contributed by atoms with Crippen LogP contribution in [0.25, 0.3) is 0 Å². The molecule has 0 fully saturated rings. The largest absolute Gasteiger partial charge is 0.507 e. The number of aliphatic carboxylic acids is 1. The Hall–Kier alpha value is -2.23. The predicted molar refractivity (Wildman–Crippen MR) is 94.4 cm³/mol. The van der Waals surface area contributed by atoms with Gasteiger partial charge in [0.25, 0.3) is 0 Å². The number of carbonyl (C=O) groups is 1. The topological polar surface area (TPSA) is 77.8 Å². The molecular formula is C20H26O4. The number of aryl methyl sites for hydroxylation is 1. The molecule has 0 saturated heterocycles. The number of phenols is 2. The lowest BCUT2D eigenvalue weighted by Gasteiger charge is -2.31. The summed E-state index contributed by atoms with van der Waals surface area (Å²) in [7, 11) is 0. The lowest BCUT2D eigenvalue weighted by Crippen LogP contribution is -2.17. The Morgan fingerprint density at radius 2 is 1.92 bits per heavy atom. The van der Waals surface area contributed by atoms with Crippen LogP contribution >= 0.6 is 0 Å².